The van der Waals surface area contributed by atoms with E-state index in [2.05, 4.69) is 84.3 Å². The lowest BCUT2D eigenvalue weighted by molar-refractivity contribution is 1.20. The molecule has 0 saturated heterocycles. The van der Waals surface area contributed by atoms with Crippen molar-refractivity contribution in [1.82, 2.24) is 4.57 Å². The summed E-state index contributed by atoms with van der Waals surface area (Å²) >= 11 is 3.82. The first-order valence-corrected chi connectivity index (χ1v) is 10.3. The average molecular weight is 370 g/mol. The van der Waals surface area contributed by atoms with Crippen LogP contribution in [-0.2, 0) is 0 Å². The molecule has 0 radical (unpaired) electrons. The van der Waals surface area contributed by atoms with E-state index in [1.54, 1.807) is 0 Å². The summed E-state index contributed by atoms with van der Waals surface area (Å²) in [4.78, 5) is 1.35. The van der Waals surface area contributed by atoms with Gasteiger partial charge in [0.25, 0.3) is 0 Å². The zero-order valence-corrected chi connectivity index (χ0v) is 15.8. The predicted octanol–water partition coefficient (Wildman–Crippen LogP) is 7.52. The molecule has 0 unspecified atom stereocenters. The normalized spacial score (nSPS) is 12.0. The molecular weight excluding hydrogens is 354 g/mol. The third-order valence-corrected chi connectivity index (χ3v) is 7.40. The van der Waals surface area contributed by atoms with E-state index in [0.29, 0.717) is 0 Å². The Morgan fingerprint density at radius 1 is 0.731 bits per heavy atom. The van der Waals surface area contributed by atoms with E-state index in [-0.39, 0.29) is 0 Å². The quantitative estimate of drug-likeness (QED) is 0.282. The first-order valence-electron chi connectivity index (χ1n) is 8.71. The predicted molar refractivity (Wildman–Crippen MR) is 116 cm³/mol. The summed E-state index contributed by atoms with van der Waals surface area (Å²) in [5.41, 5.74) is 3.90. The van der Waals surface area contributed by atoms with Crippen molar-refractivity contribution in [3.8, 4) is 5.69 Å². The van der Waals surface area contributed by atoms with E-state index in [0.717, 1.165) is 0 Å². The third-order valence-electron chi connectivity index (χ3n) is 5.06. The molecule has 0 spiro atoms. The lowest BCUT2D eigenvalue weighted by Gasteiger charge is -2.05. The number of hydrogen-bond acceptors (Lipinski definition) is 2. The Balaban J connectivity index is 1.93. The molecule has 0 saturated carbocycles. The molecular formula is C23H15NS2. The van der Waals surface area contributed by atoms with Gasteiger partial charge in [-0.25, -0.2) is 0 Å². The molecule has 0 aliphatic heterocycles. The Morgan fingerprint density at radius 3 is 2.38 bits per heavy atom. The molecule has 0 aliphatic carbocycles. The van der Waals surface area contributed by atoms with Gasteiger partial charge < -0.3 is 0 Å². The van der Waals surface area contributed by atoms with Gasteiger partial charge in [-0.3, -0.25) is 4.57 Å². The maximum absolute atomic E-state index is 2.46. The third kappa shape index (κ3) is 1.84. The number of aryl methyl sites for hydroxylation is 1. The van der Waals surface area contributed by atoms with Crippen LogP contribution in [0, 0.1) is 6.92 Å². The van der Waals surface area contributed by atoms with Gasteiger partial charge in [-0.2, -0.15) is 0 Å². The summed E-state index contributed by atoms with van der Waals surface area (Å²) in [6.07, 6.45) is 0. The molecule has 3 heteroatoms. The second kappa shape index (κ2) is 5.19. The van der Waals surface area contributed by atoms with E-state index in [1.807, 2.05) is 22.7 Å². The fourth-order valence-electron chi connectivity index (χ4n) is 3.92. The number of fused-ring (bicyclic) bond motifs is 7. The zero-order valence-electron chi connectivity index (χ0n) is 14.2. The Kier molecular flexibility index (Phi) is 2.90. The fourth-order valence-corrected chi connectivity index (χ4v) is 6.45. The van der Waals surface area contributed by atoms with Crippen molar-refractivity contribution in [2.75, 3.05) is 0 Å². The highest BCUT2D eigenvalue weighted by atomic mass is 32.1. The van der Waals surface area contributed by atoms with Crippen molar-refractivity contribution in [3.63, 3.8) is 0 Å². The largest absolute Gasteiger partial charge is 0.299 e. The van der Waals surface area contributed by atoms with Crippen molar-refractivity contribution < 1.29 is 0 Å². The smallest absolute Gasteiger partial charge is 0.110 e. The minimum atomic E-state index is 1.24. The Labute approximate surface area is 158 Å². The first kappa shape index (κ1) is 14.5. The van der Waals surface area contributed by atoms with Crippen LogP contribution >= 0.6 is 22.7 Å². The van der Waals surface area contributed by atoms with Crippen LogP contribution in [-0.4, -0.2) is 4.57 Å². The van der Waals surface area contributed by atoms with Crippen LogP contribution in [0.15, 0.2) is 72.8 Å². The van der Waals surface area contributed by atoms with Gasteiger partial charge in [0.1, 0.15) is 4.83 Å². The van der Waals surface area contributed by atoms with Gasteiger partial charge in [0.15, 0.2) is 0 Å². The molecule has 0 bridgehead atoms. The monoisotopic (exact) mass is 369 g/mol. The molecule has 0 N–H and O–H groups in total. The van der Waals surface area contributed by atoms with Crippen molar-refractivity contribution >= 4 is 63.3 Å². The molecule has 0 fully saturated rings. The highest BCUT2D eigenvalue weighted by Gasteiger charge is 2.21. The lowest BCUT2D eigenvalue weighted by atomic mass is 10.1. The number of benzene rings is 3. The van der Waals surface area contributed by atoms with Crippen LogP contribution in [0.1, 0.15) is 5.56 Å². The maximum atomic E-state index is 2.46. The van der Waals surface area contributed by atoms with Gasteiger partial charge in [0, 0.05) is 31.2 Å². The molecule has 3 aromatic heterocycles. The van der Waals surface area contributed by atoms with E-state index < -0.39 is 0 Å². The second-order valence-electron chi connectivity index (χ2n) is 6.73. The number of aromatic nitrogens is 1. The van der Waals surface area contributed by atoms with Crippen LogP contribution in [0.3, 0.4) is 0 Å². The molecule has 6 rings (SSSR count). The van der Waals surface area contributed by atoms with Crippen molar-refractivity contribution in [3.05, 3.63) is 78.4 Å². The molecule has 124 valence electrons. The minimum Gasteiger partial charge on any atom is -0.299 e. The van der Waals surface area contributed by atoms with Gasteiger partial charge in [-0.05, 0) is 37.3 Å². The summed E-state index contributed by atoms with van der Waals surface area (Å²) in [7, 11) is 0. The lowest BCUT2D eigenvalue weighted by Crippen LogP contribution is -1.91. The van der Waals surface area contributed by atoms with Gasteiger partial charge in [-0.15, -0.1) is 22.7 Å². The van der Waals surface area contributed by atoms with E-state index in [1.165, 1.54) is 51.9 Å². The summed E-state index contributed by atoms with van der Waals surface area (Å²) in [5.74, 6) is 0. The zero-order chi connectivity index (χ0) is 17.3. The minimum absolute atomic E-state index is 1.24. The Hall–Kier alpha value is -2.62. The number of hydrogen-bond donors (Lipinski definition) is 0. The molecule has 0 aliphatic rings. The topological polar surface area (TPSA) is 4.93 Å². The van der Waals surface area contributed by atoms with Crippen LogP contribution in [0.4, 0.5) is 0 Å². The van der Waals surface area contributed by atoms with Crippen molar-refractivity contribution in [1.29, 1.82) is 0 Å². The Morgan fingerprint density at radius 2 is 1.50 bits per heavy atom. The molecule has 3 aromatic carbocycles. The molecule has 3 heterocycles. The van der Waals surface area contributed by atoms with Gasteiger partial charge in [0.2, 0.25) is 0 Å². The summed E-state index contributed by atoms with van der Waals surface area (Å²) in [6.45, 7) is 2.18. The molecule has 6 aromatic rings. The van der Waals surface area contributed by atoms with Crippen LogP contribution in [0.25, 0.3) is 46.3 Å². The average Bonchev–Trinajstić information content (AvgIpc) is 3.29. The maximum Gasteiger partial charge on any atom is 0.110 e. The van der Waals surface area contributed by atoms with Gasteiger partial charge in [-0.1, -0.05) is 48.0 Å². The summed E-state index contributed by atoms with van der Waals surface area (Å²) in [6, 6.07) is 26.3. The number of rotatable bonds is 1. The molecule has 26 heavy (non-hydrogen) atoms. The number of thiophene rings is 2. The van der Waals surface area contributed by atoms with Crippen LogP contribution in [0.2, 0.25) is 0 Å². The van der Waals surface area contributed by atoms with E-state index in [9.17, 15) is 0 Å². The van der Waals surface area contributed by atoms with Crippen molar-refractivity contribution in [2.24, 2.45) is 0 Å². The fraction of sp³-hybridized carbons (Fsp3) is 0.0435. The molecule has 0 amide bonds. The second-order valence-corrected chi connectivity index (χ2v) is 8.81. The highest BCUT2D eigenvalue weighted by molar-refractivity contribution is 7.30. The molecule has 0 atom stereocenters. The van der Waals surface area contributed by atoms with Gasteiger partial charge >= 0.3 is 0 Å². The van der Waals surface area contributed by atoms with Crippen LogP contribution < -0.4 is 0 Å². The summed E-state index contributed by atoms with van der Waals surface area (Å²) < 4.78 is 6.59. The van der Waals surface area contributed by atoms with Crippen LogP contribution in [0.5, 0.6) is 0 Å². The SMILES string of the molecule is Cc1ccc2sc3c(c2c1)c1sc2ccccc2c1n3-c1ccccc1. The first-order chi connectivity index (χ1) is 12.8. The standard InChI is InChI=1S/C23H15NS2/c1-14-11-12-19-17(13-14)20-22-21(16-9-5-6-10-18(16)25-22)24(23(20)26-19)15-7-3-2-4-8-15/h2-13H,1H3. The van der Waals surface area contributed by atoms with Crippen molar-refractivity contribution in [2.45, 2.75) is 6.92 Å². The number of para-hydroxylation sites is 1. The number of nitrogens with zero attached hydrogens (tertiary/aromatic N) is 1. The Bertz CT molecular complexity index is 1430. The van der Waals surface area contributed by atoms with E-state index >= 15 is 0 Å². The van der Waals surface area contributed by atoms with Gasteiger partial charge in [0.05, 0.1) is 10.2 Å². The highest BCUT2D eigenvalue weighted by Crippen LogP contribution is 2.47. The summed E-state index contributed by atoms with van der Waals surface area (Å²) in [5, 5.41) is 4.14. The molecule has 1 nitrogen and oxygen atoms in total. The van der Waals surface area contributed by atoms with E-state index in [4.69, 9.17) is 0 Å².